The average Bonchev–Trinajstić information content (AvgIpc) is 3.84. The number of benzene rings is 2. The summed E-state index contributed by atoms with van der Waals surface area (Å²) < 4.78 is 7.54. The highest BCUT2D eigenvalue weighted by molar-refractivity contribution is 6.01. The van der Waals surface area contributed by atoms with E-state index in [4.69, 9.17) is 4.42 Å². The lowest BCUT2D eigenvalue weighted by Crippen LogP contribution is -2.52. The molecule has 4 atom stereocenters. The Morgan fingerprint density at radius 3 is 2.57 bits per heavy atom. The Balaban J connectivity index is 1.30. The number of amides is 2. The van der Waals surface area contributed by atoms with Crippen LogP contribution in [-0.2, 0) is 6.42 Å². The van der Waals surface area contributed by atoms with Gasteiger partial charge < -0.3 is 29.6 Å². The fourth-order valence-electron chi connectivity index (χ4n) is 6.14. The van der Waals surface area contributed by atoms with E-state index in [9.17, 15) is 14.7 Å². The fraction of sp³-hybridized carbons (Fsp3) is 0.364. The molecule has 0 spiro atoms. The zero-order valence-electron chi connectivity index (χ0n) is 23.8. The van der Waals surface area contributed by atoms with Gasteiger partial charge in [0.2, 0.25) is 5.89 Å². The number of aliphatic hydroxyl groups excluding tert-OH is 1. The first-order valence-corrected chi connectivity index (χ1v) is 14.7. The molecule has 4 aromatic rings. The number of hydrogen-bond donors (Lipinski definition) is 3. The van der Waals surface area contributed by atoms with Crippen LogP contribution in [0.25, 0.3) is 5.69 Å². The van der Waals surface area contributed by atoms with E-state index >= 15 is 0 Å². The van der Waals surface area contributed by atoms with E-state index in [1.54, 1.807) is 23.3 Å². The standard InChI is InChI=1S/C33H37N5O4/c1-22-21-42-32(35-22)29-12-8-16-38(29)33(41)25-18-24(19-26(20-25)37-14-5-6-15-37)31(40)36-28(17-23-9-3-2-4-10-23)30(39)27-11-7-13-34-27/h2-6,9-10,14-15,18-21,27-30,34,39H,7-8,11-13,16-17H2,1H3,(H,36,40)/t27-,28+,29+,30+/m0/s1. The highest BCUT2D eigenvalue weighted by atomic mass is 16.3. The summed E-state index contributed by atoms with van der Waals surface area (Å²) in [6, 6.07) is 18.1. The summed E-state index contributed by atoms with van der Waals surface area (Å²) in [5, 5.41) is 17.8. The lowest BCUT2D eigenvalue weighted by molar-refractivity contribution is 0.0715. The lowest BCUT2D eigenvalue weighted by atomic mass is 9.95. The molecule has 0 unspecified atom stereocenters. The van der Waals surface area contributed by atoms with Crippen LogP contribution in [0.5, 0.6) is 0 Å². The number of aliphatic hydroxyl groups is 1. The zero-order valence-corrected chi connectivity index (χ0v) is 23.8. The van der Waals surface area contributed by atoms with Crippen molar-refractivity contribution >= 4 is 11.8 Å². The fourth-order valence-corrected chi connectivity index (χ4v) is 6.14. The molecule has 0 saturated carbocycles. The largest absolute Gasteiger partial charge is 0.446 e. The van der Waals surface area contributed by atoms with Crippen LogP contribution in [0.1, 0.15) is 69.6 Å². The van der Waals surface area contributed by atoms with Crippen LogP contribution in [0.2, 0.25) is 0 Å². The molecular weight excluding hydrogens is 530 g/mol. The van der Waals surface area contributed by atoms with Gasteiger partial charge in [0.05, 0.1) is 17.8 Å². The molecule has 4 heterocycles. The number of carbonyl (C=O) groups excluding carboxylic acids is 2. The van der Waals surface area contributed by atoms with Gasteiger partial charge >= 0.3 is 0 Å². The summed E-state index contributed by atoms with van der Waals surface area (Å²) in [6.07, 6.45) is 8.54. The molecule has 2 aromatic carbocycles. The van der Waals surface area contributed by atoms with Gasteiger partial charge in [-0.05, 0) is 81.5 Å². The van der Waals surface area contributed by atoms with Crippen molar-refractivity contribution in [1.29, 1.82) is 0 Å². The Kier molecular flexibility index (Phi) is 8.21. The lowest BCUT2D eigenvalue weighted by Gasteiger charge is -2.29. The topological polar surface area (TPSA) is 113 Å². The Morgan fingerprint density at radius 2 is 1.86 bits per heavy atom. The van der Waals surface area contributed by atoms with Crippen molar-refractivity contribution in [3.05, 3.63) is 108 Å². The number of hydrogen-bond acceptors (Lipinski definition) is 6. The van der Waals surface area contributed by atoms with E-state index in [1.807, 2.05) is 72.4 Å². The second-order valence-electron chi connectivity index (χ2n) is 11.3. The number of aryl methyl sites for hydroxylation is 1. The third kappa shape index (κ3) is 6.03. The number of nitrogens with zero attached hydrogens (tertiary/aromatic N) is 3. The van der Waals surface area contributed by atoms with Gasteiger partial charge in [0.1, 0.15) is 12.3 Å². The maximum atomic E-state index is 13.9. The number of nitrogens with one attached hydrogen (secondary N) is 2. The van der Waals surface area contributed by atoms with E-state index in [0.717, 1.165) is 43.5 Å². The smallest absolute Gasteiger partial charge is 0.254 e. The molecule has 218 valence electrons. The molecule has 2 aliphatic heterocycles. The molecule has 2 fully saturated rings. The number of oxazole rings is 1. The molecule has 2 aromatic heterocycles. The molecule has 0 radical (unpaired) electrons. The van der Waals surface area contributed by atoms with Crippen LogP contribution in [0, 0.1) is 6.92 Å². The molecule has 0 bridgehead atoms. The van der Waals surface area contributed by atoms with Gasteiger partial charge in [-0.3, -0.25) is 9.59 Å². The van der Waals surface area contributed by atoms with E-state index in [2.05, 4.69) is 15.6 Å². The summed E-state index contributed by atoms with van der Waals surface area (Å²) in [6.45, 7) is 3.30. The predicted molar refractivity (Wildman–Crippen MR) is 158 cm³/mol. The molecule has 0 aliphatic carbocycles. The SMILES string of the molecule is Cc1coc([C@H]2CCCN2C(=O)c2cc(C(=O)N[C@H](Cc3ccccc3)[C@H](O)[C@@H]3CCCN3)cc(-n3cccc3)c2)n1. The number of aromatic nitrogens is 2. The summed E-state index contributed by atoms with van der Waals surface area (Å²) in [4.78, 5) is 34.1. The van der Waals surface area contributed by atoms with Gasteiger partial charge in [-0.15, -0.1) is 0 Å². The number of carbonyl (C=O) groups is 2. The normalized spacial score (nSPS) is 20.0. The van der Waals surface area contributed by atoms with Crippen LogP contribution in [0.4, 0.5) is 0 Å². The van der Waals surface area contributed by atoms with Crippen LogP contribution in [0.3, 0.4) is 0 Å². The average molecular weight is 568 g/mol. The molecule has 6 rings (SSSR count). The minimum absolute atomic E-state index is 0.0895. The predicted octanol–water partition coefficient (Wildman–Crippen LogP) is 4.21. The summed E-state index contributed by atoms with van der Waals surface area (Å²) in [7, 11) is 0. The molecule has 2 aliphatic rings. The third-order valence-electron chi connectivity index (χ3n) is 8.30. The van der Waals surface area contributed by atoms with Gasteiger partial charge in [-0.25, -0.2) is 4.98 Å². The molecule has 9 heteroatoms. The van der Waals surface area contributed by atoms with E-state index in [0.29, 0.717) is 35.7 Å². The highest BCUT2D eigenvalue weighted by Crippen LogP contribution is 2.33. The molecular formula is C33H37N5O4. The quantitative estimate of drug-likeness (QED) is 0.279. The Morgan fingerprint density at radius 1 is 1.07 bits per heavy atom. The number of likely N-dealkylation sites (tertiary alicyclic amines) is 1. The van der Waals surface area contributed by atoms with Crippen molar-refractivity contribution < 1.29 is 19.1 Å². The van der Waals surface area contributed by atoms with E-state index in [1.165, 1.54) is 0 Å². The Bertz CT molecular complexity index is 1510. The van der Waals surface area contributed by atoms with Crippen LogP contribution in [0.15, 0.2) is 83.7 Å². The van der Waals surface area contributed by atoms with Crippen molar-refractivity contribution in [2.75, 3.05) is 13.1 Å². The van der Waals surface area contributed by atoms with Crippen molar-refractivity contribution in [2.24, 2.45) is 0 Å². The van der Waals surface area contributed by atoms with Gasteiger partial charge in [-0.2, -0.15) is 0 Å². The second kappa shape index (κ2) is 12.3. The maximum Gasteiger partial charge on any atom is 0.254 e. The van der Waals surface area contributed by atoms with Crippen molar-refractivity contribution in [2.45, 2.75) is 63.3 Å². The van der Waals surface area contributed by atoms with Crippen molar-refractivity contribution in [3.8, 4) is 5.69 Å². The van der Waals surface area contributed by atoms with Crippen molar-refractivity contribution in [3.63, 3.8) is 0 Å². The molecule has 42 heavy (non-hydrogen) atoms. The highest BCUT2D eigenvalue weighted by Gasteiger charge is 2.35. The summed E-state index contributed by atoms with van der Waals surface area (Å²) in [5.41, 5.74) is 3.28. The second-order valence-corrected chi connectivity index (χ2v) is 11.3. The summed E-state index contributed by atoms with van der Waals surface area (Å²) in [5.74, 6) is 0.0286. The van der Waals surface area contributed by atoms with Gasteiger partial charge in [0.25, 0.3) is 11.8 Å². The molecule has 9 nitrogen and oxygen atoms in total. The van der Waals surface area contributed by atoms with E-state index in [-0.39, 0.29) is 23.9 Å². The van der Waals surface area contributed by atoms with Crippen LogP contribution < -0.4 is 10.6 Å². The maximum absolute atomic E-state index is 13.9. The molecule has 2 amide bonds. The van der Waals surface area contributed by atoms with Crippen molar-refractivity contribution in [1.82, 2.24) is 25.1 Å². The Labute approximate surface area is 245 Å². The molecule has 2 saturated heterocycles. The Hall–Kier alpha value is -4.21. The molecule has 3 N–H and O–H groups in total. The first-order valence-electron chi connectivity index (χ1n) is 14.7. The minimum Gasteiger partial charge on any atom is -0.446 e. The van der Waals surface area contributed by atoms with Gasteiger partial charge in [0, 0.05) is 41.8 Å². The van der Waals surface area contributed by atoms with Crippen LogP contribution >= 0.6 is 0 Å². The van der Waals surface area contributed by atoms with E-state index < -0.39 is 12.1 Å². The summed E-state index contributed by atoms with van der Waals surface area (Å²) >= 11 is 0. The van der Waals surface area contributed by atoms with Gasteiger partial charge in [0.15, 0.2) is 0 Å². The minimum atomic E-state index is -0.764. The zero-order chi connectivity index (χ0) is 29.1. The monoisotopic (exact) mass is 567 g/mol. The van der Waals surface area contributed by atoms with Crippen LogP contribution in [-0.4, -0.2) is 62.6 Å². The third-order valence-corrected chi connectivity index (χ3v) is 8.30. The first-order chi connectivity index (χ1) is 20.5. The first kappa shape index (κ1) is 27.9. The van der Waals surface area contributed by atoms with Gasteiger partial charge in [-0.1, -0.05) is 30.3 Å². The number of rotatable bonds is 9.